The summed E-state index contributed by atoms with van der Waals surface area (Å²) in [7, 11) is 0. The first-order valence-corrected chi connectivity index (χ1v) is 9.76. The summed E-state index contributed by atoms with van der Waals surface area (Å²) in [5, 5.41) is 12.8. The topological polar surface area (TPSA) is 63.1 Å². The number of piperazine rings is 1. The number of fused-ring (bicyclic) bond motifs is 1. The van der Waals surface area contributed by atoms with Gasteiger partial charge in [0.2, 0.25) is 11.9 Å². The lowest BCUT2D eigenvalue weighted by atomic mass is 9.87. The monoisotopic (exact) mass is 373 g/mol. The van der Waals surface area contributed by atoms with Gasteiger partial charge in [0.25, 0.3) is 0 Å². The van der Waals surface area contributed by atoms with E-state index in [1.165, 1.54) is 12.8 Å². The number of benzene rings is 1. The Morgan fingerprint density at radius 1 is 1.23 bits per heavy atom. The van der Waals surface area contributed by atoms with E-state index in [4.69, 9.17) is 11.6 Å². The zero-order valence-electron chi connectivity index (χ0n) is 15.0. The summed E-state index contributed by atoms with van der Waals surface area (Å²) in [6, 6.07) is 8.35. The molecule has 138 valence electrons. The number of nitrogens with one attached hydrogen (secondary N) is 1. The van der Waals surface area contributed by atoms with Crippen LogP contribution < -0.4 is 10.2 Å². The molecule has 2 heterocycles. The molecule has 26 heavy (non-hydrogen) atoms. The average Bonchev–Trinajstić information content (AvgIpc) is 3.05. The molecule has 2 aromatic rings. The number of hydrogen-bond donors (Lipinski definition) is 1. The maximum Gasteiger partial charge on any atom is 0.239 e. The quantitative estimate of drug-likeness (QED) is 0.895. The number of rotatable bonds is 4. The summed E-state index contributed by atoms with van der Waals surface area (Å²) in [5.74, 6) is 1.77. The first-order valence-electron chi connectivity index (χ1n) is 9.39. The molecule has 1 saturated carbocycles. The van der Waals surface area contributed by atoms with E-state index in [0.717, 1.165) is 41.7 Å². The lowest BCUT2D eigenvalue weighted by Crippen LogP contribution is -2.62. The predicted molar refractivity (Wildman–Crippen MR) is 101 cm³/mol. The van der Waals surface area contributed by atoms with Crippen molar-refractivity contribution in [3.05, 3.63) is 40.7 Å². The number of nitrogens with zero attached hydrogens (tertiary/aromatic N) is 4. The Morgan fingerprint density at radius 2 is 2.04 bits per heavy atom. The SMILES string of the molecule is CCn1c(Cc2ccccc2Cl)nnc1N1CC(=O)NC2CCCCC21. The molecular weight excluding hydrogens is 350 g/mol. The van der Waals surface area contributed by atoms with E-state index in [1.807, 2.05) is 24.3 Å². The number of aromatic nitrogens is 3. The van der Waals surface area contributed by atoms with Crippen LogP contribution in [-0.2, 0) is 17.8 Å². The normalized spacial score (nSPS) is 22.8. The van der Waals surface area contributed by atoms with Crippen molar-refractivity contribution in [2.75, 3.05) is 11.4 Å². The summed E-state index contributed by atoms with van der Waals surface area (Å²) >= 11 is 6.31. The van der Waals surface area contributed by atoms with E-state index in [-0.39, 0.29) is 11.9 Å². The minimum absolute atomic E-state index is 0.0754. The van der Waals surface area contributed by atoms with Crippen molar-refractivity contribution < 1.29 is 4.79 Å². The second kappa shape index (κ2) is 7.27. The lowest BCUT2D eigenvalue weighted by molar-refractivity contribution is -0.122. The second-order valence-electron chi connectivity index (χ2n) is 7.08. The fourth-order valence-electron chi connectivity index (χ4n) is 4.20. The van der Waals surface area contributed by atoms with E-state index < -0.39 is 0 Å². The van der Waals surface area contributed by atoms with Crippen LogP contribution in [0.15, 0.2) is 24.3 Å². The number of amides is 1. The van der Waals surface area contributed by atoms with Gasteiger partial charge in [-0.3, -0.25) is 9.36 Å². The fraction of sp³-hybridized carbons (Fsp3) is 0.526. The second-order valence-corrected chi connectivity index (χ2v) is 7.49. The summed E-state index contributed by atoms with van der Waals surface area (Å²) in [5.41, 5.74) is 1.04. The molecule has 4 rings (SSSR count). The highest BCUT2D eigenvalue weighted by Gasteiger charge is 2.38. The summed E-state index contributed by atoms with van der Waals surface area (Å²) < 4.78 is 2.12. The van der Waals surface area contributed by atoms with Crippen LogP contribution in [0.2, 0.25) is 5.02 Å². The van der Waals surface area contributed by atoms with Crippen molar-refractivity contribution in [2.24, 2.45) is 0 Å². The number of carbonyl (C=O) groups is 1. The van der Waals surface area contributed by atoms with Gasteiger partial charge in [0, 0.05) is 24.0 Å². The predicted octanol–water partition coefficient (Wildman–Crippen LogP) is 2.79. The largest absolute Gasteiger partial charge is 0.350 e. The molecule has 1 aromatic carbocycles. The molecule has 1 aliphatic heterocycles. The number of hydrogen-bond acceptors (Lipinski definition) is 4. The smallest absolute Gasteiger partial charge is 0.239 e. The molecule has 1 N–H and O–H groups in total. The molecule has 1 aromatic heterocycles. The molecule has 7 heteroatoms. The summed E-state index contributed by atoms with van der Waals surface area (Å²) in [6.07, 6.45) is 5.13. The standard InChI is InChI=1S/C19H24ClN5O/c1-2-24-17(11-13-7-3-4-8-14(13)20)22-23-19(24)25-12-18(26)21-15-9-5-6-10-16(15)25/h3-4,7-8,15-16H,2,5-6,9-12H2,1H3,(H,21,26). The van der Waals surface area contributed by atoms with Crippen molar-refractivity contribution in [3.63, 3.8) is 0 Å². The molecule has 2 aliphatic rings. The van der Waals surface area contributed by atoms with Crippen LogP contribution in [0.5, 0.6) is 0 Å². The third-order valence-electron chi connectivity index (χ3n) is 5.48. The van der Waals surface area contributed by atoms with E-state index in [0.29, 0.717) is 19.0 Å². The van der Waals surface area contributed by atoms with Gasteiger partial charge < -0.3 is 10.2 Å². The Balaban J connectivity index is 1.65. The molecule has 2 unspecified atom stereocenters. The molecular formula is C19H24ClN5O. The van der Waals surface area contributed by atoms with Crippen molar-refractivity contribution in [2.45, 2.75) is 57.7 Å². The third kappa shape index (κ3) is 3.18. The van der Waals surface area contributed by atoms with Gasteiger partial charge in [0.15, 0.2) is 0 Å². The van der Waals surface area contributed by atoms with E-state index in [9.17, 15) is 4.79 Å². The Morgan fingerprint density at radius 3 is 2.85 bits per heavy atom. The van der Waals surface area contributed by atoms with Crippen molar-refractivity contribution in [1.82, 2.24) is 20.1 Å². The van der Waals surface area contributed by atoms with Crippen molar-refractivity contribution in [1.29, 1.82) is 0 Å². The molecule has 0 radical (unpaired) electrons. The number of halogens is 1. The molecule has 1 saturated heterocycles. The Labute approximate surface area is 158 Å². The molecule has 1 aliphatic carbocycles. The van der Waals surface area contributed by atoms with Crippen molar-refractivity contribution in [3.8, 4) is 0 Å². The van der Waals surface area contributed by atoms with Crippen LogP contribution in [0.1, 0.15) is 44.0 Å². The first-order chi connectivity index (χ1) is 12.7. The Kier molecular flexibility index (Phi) is 4.85. The summed E-state index contributed by atoms with van der Waals surface area (Å²) in [6.45, 7) is 3.20. The molecule has 0 spiro atoms. The maximum absolute atomic E-state index is 12.2. The molecule has 2 atom stereocenters. The highest BCUT2D eigenvalue weighted by molar-refractivity contribution is 6.31. The first kappa shape index (κ1) is 17.3. The number of anilines is 1. The highest BCUT2D eigenvalue weighted by Crippen LogP contribution is 2.30. The van der Waals surface area contributed by atoms with Gasteiger partial charge in [0.05, 0.1) is 6.04 Å². The highest BCUT2D eigenvalue weighted by atomic mass is 35.5. The molecule has 0 bridgehead atoms. The average molecular weight is 374 g/mol. The van der Waals surface area contributed by atoms with Crippen LogP contribution in [-0.4, -0.2) is 39.3 Å². The Hall–Kier alpha value is -2.08. The Bertz CT molecular complexity index is 805. The van der Waals surface area contributed by atoms with Crippen LogP contribution in [0, 0.1) is 0 Å². The molecule has 1 amide bonds. The van der Waals surface area contributed by atoms with Crippen LogP contribution in [0.3, 0.4) is 0 Å². The van der Waals surface area contributed by atoms with Crippen LogP contribution in [0.25, 0.3) is 0 Å². The van der Waals surface area contributed by atoms with E-state index >= 15 is 0 Å². The van der Waals surface area contributed by atoms with E-state index in [1.54, 1.807) is 0 Å². The molecule has 2 fully saturated rings. The third-order valence-corrected chi connectivity index (χ3v) is 5.85. The lowest BCUT2D eigenvalue weighted by Gasteiger charge is -2.44. The van der Waals surface area contributed by atoms with Gasteiger partial charge in [0.1, 0.15) is 12.4 Å². The minimum Gasteiger partial charge on any atom is -0.350 e. The van der Waals surface area contributed by atoms with Gasteiger partial charge in [-0.05, 0) is 31.4 Å². The minimum atomic E-state index is 0.0754. The van der Waals surface area contributed by atoms with Crippen LogP contribution >= 0.6 is 11.6 Å². The zero-order valence-corrected chi connectivity index (χ0v) is 15.7. The fourth-order valence-corrected chi connectivity index (χ4v) is 4.40. The zero-order chi connectivity index (χ0) is 18.1. The van der Waals surface area contributed by atoms with Gasteiger partial charge in [-0.15, -0.1) is 10.2 Å². The van der Waals surface area contributed by atoms with E-state index in [2.05, 4.69) is 31.9 Å². The van der Waals surface area contributed by atoms with Gasteiger partial charge in [-0.1, -0.05) is 42.6 Å². The van der Waals surface area contributed by atoms with Crippen LogP contribution in [0.4, 0.5) is 5.95 Å². The molecule has 6 nitrogen and oxygen atoms in total. The maximum atomic E-state index is 12.2. The van der Waals surface area contributed by atoms with Crippen molar-refractivity contribution >= 4 is 23.5 Å². The van der Waals surface area contributed by atoms with Gasteiger partial charge in [-0.2, -0.15) is 0 Å². The number of carbonyl (C=O) groups excluding carboxylic acids is 1. The van der Waals surface area contributed by atoms with Gasteiger partial charge in [-0.25, -0.2) is 0 Å². The summed E-state index contributed by atoms with van der Waals surface area (Å²) in [4.78, 5) is 14.4. The van der Waals surface area contributed by atoms with Gasteiger partial charge >= 0.3 is 0 Å².